The third-order valence-electron chi connectivity index (χ3n) is 8.47. The molecule has 1 aromatic rings. The van der Waals surface area contributed by atoms with Gasteiger partial charge in [-0.05, 0) is 59.5 Å². The van der Waals surface area contributed by atoms with E-state index in [4.69, 9.17) is 8.85 Å². The summed E-state index contributed by atoms with van der Waals surface area (Å²) < 4.78 is 192. The lowest BCUT2D eigenvalue weighted by Crippen LogP contribution is -2.71. The number of nitrogens with zero attached hydrogens (tertiary/aromatic N) is 1. The quantitative estimate of drug-likeness (QED) is 0.0767. The fourth-order valence-corrected chi connectivity index (χ4v) is 5.17. The van der Waals surface area contributed by atoms with Crippen molar-refractivity contribution in [3.05, 3.63) is 34.9 Å². The van der Waals surface area contributed by atoms with Gasteiger partial charge in [0.25, 0.3) is 0 Å². The van der Waals surface area contributed by atoms with Crippen LogP contribution < -0.4 is 0 Å². The van der Waals surface area contributed by atoms with Crippen molar-refractivity contribution in [3.63, 3.8) is 0 Å². The van der Waals surface area contributed by atoms with Crippen LogP contribution in [0.25, 0.3) is 0 Å². The molecule has 0 radical (unpaired) electrons. The van der Waals surface area contributed by atoms with E-state index in [9.17, 15) is 53.5 Å². The molecule has 0 spiro atoms. The first-order chi connectivity index (χ1) is 20.0. The van der Waals surface area contributed by atoms with Crippen molar-refractivity contribution in [2.45, 2.75) is 127 Å². The number of halogens is 13. The molecule has 0 fully saturated rings. The topological polar surface area (TPSA) is 51.0 Å². The molecule has 0 aliphatic rings. The second kappa shape index (κ2) is 12.5. The highest BCUT2D eigenvalue weighted by Gasteiger charge is 2.91. The minimum atomic E-state index is -8.09. The Bertz CT molecular complexity index is 1220. The molecular formula is C27H38F13NO3Si2. The molecular weight excluding hydrogens is 689 g/mol. The minimum absolute atomic E-state index is 0.0860. The van der Waals surface area contributed by atoms with E-state index in [1.807, 2.05) is 46.7 Å². The summed E-state index contributed by atoms with van der Waals surface area (Å²) >= 11 is 0. The van der Waals surface area contributed by atoms with E-state index in [0.717, 1.165) is 0 Å². The normalized spacial score (nSPS) is 15.8. The van der Waals surface area contributed by atoms with Gasteiger partial charge in [0, 0.05) is 5.56 Å². The van der Waals surface area contributed by atoms with Crippen LogP contribution in [0.3, 0.4) is 0 Å². The number of rotatable bonds is 12. The Balaban J connectivity index is 3.87. The zero-order valence-electron chi connectivity index (χ0n) is 26.8. The summed E-state index contributed by atoms with van der Waals surface area (Å²) in [5.41, 5.74) is -4.17. The van der Waals surface area contributed by atoms with Gasteiger partial charge in [0.05, 0.1) is 13.2 Å². The lowest BCUT2D eigenvalue weighted by atomic mass is 9.89. The van der Waals surface area contributed by atoms with Gasteiger partial charge >= 0.3 is 35.8 Å². The largest absolute Gasteiger partial charge is 0.460 e. The molecule has 268 valence electrons. The molecule has 46 heavy (non-hydrogen) atoms. The Morgan fingerprint density at radius 3 is 1.20 bits per heavy atom. The predicted molar refractivity (Wildman–Crippen MR) is 150 cm³/mol. The first-order valence-electron chi connectivity index (χ1n) is 13.6. The third-order valence-corrected chi connectivity index (χ3v) is 17.4. The maximum atomic E-state index is 15.2. The second-order valence-corrected chi connectivity index (χ2v) is 23.6. The molecule has 1 N–H and O–H groups in total. The highest BCUT2D eigenvalue weighted by atomic mass is 28.4. The standard InChI is InChI=1S/C27H38F13NO3Si2/c1-20(2,3)45(7,8)43-14-16-11-17(15-44-46(9,10)21(4,5)6)13-18(12-16)19(41-42)22(28,29)23(30,31)24(32,33)25(34,35)26(36,37)27(38,39)40/h11-13,42H,14-15H2,1-10H3/b41-19+. The fourth-order valence-electron chi connectivity index (χ4n) is 3.25. The van der Waals surface area contributed by atoms with Gasteiger partial charge in [0.2, 0.25) is 0 Å². The van der Waals surface area contributed by atoms with Crippen molar-refractivity contribution in [1.29, 1.82) is 0 Å². The van der Waals surface area contributed by atoms with E-state index < -0.39 is 87.0 Å². The van der Waals surface area contributed by atoms with E-state index in [2.05, 4.69) is 0 Å². The van der Waals surface area contributed by atoms with Crippen LogP contribution in [-0.2, 0) is 22.1 Å². The van der Waals surface area contributed by atoms with Crippen LogP contribution in [0.15, 0.2) is 23.4 Å². The molecule has 0 unspecified atom stereocenters. The number of alkyl halides is 13. The first kappa shape index (κ1) is 42.2. The molecule has 4 nitrogen and oxygen atoms in total. The van der Waals surface area contributed by atoms with Crippen molar-refractivity contribution >= 4 is 22.3 Å². The highest BCUT2D eigenvalue weighted by Crippen LogP contribution is 2.60. The van der Waals surface area contributed by atoms with E-state index in [-0.39, 0.29) is 11.1 Å². The van der Waals surface area contributed by atoms with Crippen molar-refractivity contribution < 1.29 is 71.1 Å². The molecule has 0 saturated heterocycles. The van der Waals surface area contributed by atoms with Crippen molar-refractivity contribution in [1.82, 2.24) is 0 Å². The predicted octanol–water partition coefficient (Wildman–Crippen LogP) is 10.6. The first-order valence-corrected chi connectivity index (χ1v) is 19.4. The molecule has 0 aromatic heterocycles. The van der Waals surface area contributed by atoms with Gasteiger partial charge in [-0.25, -0.2) is 0 Å². The van der Waals surface area contributed by atoms with Crippen LogP contribution in [0.2, 0.25) is 36.3 Å². The van der Waals surface area contributed by atoms with Gasteiger partial charge < -0.3 is 14.1 Å². The number of benzene rings is 1. The van der Waals surface area contributed by atoms with Crippen LogP contribution in [0.1, 0.15) is 58.2 Å². The summed E-state index contributed by atoms with van der Waals surface area (Å²) in [4.78, 5) is 0. The van der Waals surface area contributed by atoms with Gasteiger partial charge in [-0.2, -0.15) is 57.1 Å². The van der Waals surface area contributed by atoms with Gasteiger partial charge in [-0.3, -0.25) is 0 Å². The number of hydrogen-bond acceptors (Lipinski definition) is 4. The summed E-state index contributed by atoms with van der Waals surface area (Å²) in [5, 5.41) is 10.4. The molecule has 1 aromatic carbocycles. The second-order valence-electron chi connectivity index (χ2n) is 14.0. The summed E-state index contributed by atoms with van der Waals surface area (Å²) in [6, 6.07) is 2.53. The summed E-state index contributed by atoms with van der Waals surface area (Å²) in [5.74, 6) is -38.4. The van der Waals surface area contributed by atoms with Gasteiger partial charge in [-0.1, -0.05) is 52.8 Å². The summed E-state index contributed by atoms with van der Waals surface area (Å²) in [6.45, 7) is 17.4. The summed E-state index contributed by atoms with van der Waals surface area (Å²) in [6.07, 6.45) is -7.54. The third kappa shape index (κ3) is 7.56. The average molecular weight is 728 g/mol. The SMILES string of the molecule is CC(C)(C)[Si](C)(C)OCc1cc(CO[Si](C)(C)C(C)(C)C)cc(/C(=N\O)C(F)(F)C(F)(F)C(F)(F)C(F)(F)C(F)(F)C(F)(F)F)c1. The highest BCUT2D eigenvalue weighted by molar-refractivity contribution is 6.74. The Labute approximate surface area is 260 Å². The fraction of sp³-hybridized carbons (Fsp3) is 0.741. The van der Waals surface area contributed by atoms with Crippen molar-refractivity contribution in [3.8, 4) is 0 Å². The Morgan fingerprint density at radius 1 is 0.587 bits per heavy atom. The molecule has 0 saturated carbocycles. The molecule has 0 aliphatic heterocycles. The van der Waals surface area contributed by atoms with Crippen molar-refractivity contribution in [2.75, 3.05) is 0 Å². The minimum Gasteiger partial charge on any atom is -0.413 e. The zero-order valence-corrected chi connectivity index (χ0v) is 28.8. The van der Waals surface area contributed by atoms with Crippen LogP contribution in [0.4, 0.5) is 57.1 Å². The Hall–Kier alpha value is -1.87. The van der Waals surface area contributed by atoms with Crippen LogP contribution in [0, 0.1) is 0 Å². The van der Waals surface area contributed by atoms with Crippen molar-refractivity contribution in [2.24, 2.45) is 5.16 Å². The molecule has 0 amide bonds. The maximum absolute atomic E-state index is 15.2. The molecule has 0 bridgehead atoms. The smallest absolute Gasteiger partial charge is 0.413 e. The van der Waals surface area contributed by atoms with Crippen LogP contribution in [-0.4, -0.2) is 63.3 Å². The molecule has 0 aliphatic carbocycles. The van der Waals surface area contributed by atoms with E-state index >= 15 is 8.78 Å². The maximum Gasteiger partial charge on any atom is 0.460 e. The Kier molecular flexibility index (Phi) is 11.5. The monoisotopic (exact) mass is 727 g/mol. The molecule has 0 atom stereocenters. The van der Waals surface area contributed by atoms with E-state index in [1.54, 1.807) is 26.2 Å². The van der Waals surface area contributed by atoms with Crippen LogP contribution in [0.5, 0.6) is 0 Å². The van der Waals surface area contributed by atoms with Gasteiger partial charge in [0.15, 0.2) is 22.3 Å². The lowest BCUT2D eigenvalue weighted by Gasteiger charge is -2.39. The lowest BCUT2D eigenvalue weighted by molar-refractivity contribution is -0.434. The molecule has 0 heterocycles. The van der Waals surface area contributed by atoms with E-state index in [0.29, 0.717) is 12.1 Å². The number of oxime groups is 1. The molecule has 19 heteroatoms. The zero-order chi connectivity index (χ0) is 37.0. The molecule has 1 rings (SSSR count). The summed E-state index contributed by atoms with van der Waals surface area (Å²) in [7, 11) is -5.19. The van der Waals surface area contributed by atoms with Crippen LogP contribution >= 0.6 is 0 Å². The van der Waals surface area contributed by atoms with Gasteiger partial charge in [-0.15, -0.1) is 0 Å². The number of hydrogen-bond donors (Lipinski definition) is 1. The van der Waals surface area contributed by atoms with E-state index in [1.165, 1.54) is 6.07 Å². The van der Waals surface area contributed by atoms with Gasteiger partial charge in [0.1, 0.15) is 0 Å². The Morgan fingerprint density at radius 2 is 0.913 bits per heavy atom. The average Bonchev–Trinajstić information content (AvgIpc) is 2.84.